The van der Waals surface area contributed by atoms with Gasteiger partial charge in [-0.1, -0.05) is 6.42 Å². The first-order valence-electron chi connectivity index (χ1n) is 6.93. The minimum atomic E-state index is -3.32. The Hall–Kier alpha value is -0.170. The lowest BCUT2D eigenvalue weighted by Gasteiger charge is -2.40. The zero-order valence-electron chi connectivity index (χ0n) is 11.1. The predicted octanol–water partition coefficient (Wildman–Crippen LogP) is 0.810. The zero-order chi connectivity index (χ0) is 13.2. The van der Waals surface area contributed by atoms with E-state index in [-0.39, 0.29) is 18.6 Å². The second kappa shape index (κ2) is 5.86. The Labute approximate surface area is 110 Å². The van der Waals surface area contributed by atoms with Crippen LogP contribution in [0, 0.1) is 5.92 Å². The van der Waals surface area contributed by atoms with E-state index in [2.05, 4.69) is 0 Å². The van der Waals surface area contributed by atoms with Crippen molar-refractivity contribution >= 4 is 10.2 Å². The lowest BCUT2D eigenvalue weighted by molar-refractivity contribution is 0.132. The fourth-order valence-electron chi connectivity index (χ4n) is 2.86. The highest BCUT2D eigenvalue weighted by Gasteiger charge is 2.37. The number of hydrogen-bond donors (Lipinski definition) is 1. The van der Waals surface area contributed by atoms with E-state index in [1.54, 1.807) is 8.61 Å². The molecule has 0 saturated carbocycles. The van der Waals surface area contributed by atoms with E-state index in [1.165, 1.54) is 0 Å². The maximum absolute atomic E-state index is 12.6. The topological polar surface area (TPSA) is 60.9 Å². The zero-order valence-corrected chi connectivity index (χ0v) is 11.9. The molecule has 0 aliphatic carbocycles. The number of nitrogens with zero attached hydrogens (tertiary/aromatic N) is 2. The molecule has 0 bridgehead atoms. The number of aliphatic hydroxyl groups is 1. The monoisotopic (exact) mass is 276 g/mol. The van der Waals surface area contributed by atoms with Gasteiger partial charge in [0.1, 0.15) is 0 Å². The van der Waals surface area contributed by atoms with Crippen molar-refractivity contribution in [2.24, 2.45) is 5.92 Å². The first-order chi connectivity index (χ1) is 8.55. The average molecular weight is 276 g/mol. The molecular weight excluding hydrogens is 252 g/mol. The highest BCUT2D eigenvalue weighted by Crippen LogP contribution is 2.27. The second-order valence-electron chi connectivity index (χ2n) is 5.51. The van der Waals surface area contributed by atoms with E-state index < -0.39 is 10.2 Å². The maximum atomic E-state index is 12.6. The van der Waals surface area contributed by atoms with Gasteiger partial charge in [0.25, 0.3) is 10.2 Å². The molecule has 0 spiro atoms. The quantitative estimate of drug-likeness (QED) is 0.830. The van der Waals surface area contributed by atoms with Gasteiger partial charge in [-0.15, -0.1) is 0 Å². The molecule has 2 atom stereocenters. The summed E-state index contributed by atoms with van der Waals surface area (Å²) in [4.78, 5) is 0. The van der Waals surface area contributed by atoms with E-state index in [1.807, 2.05) is 6.92 Å². The van der Waals surface area contributed by atoms with E-state index in [9.17, 15) is 13.5 Å². The summed E-state index contributed by atoms with van der Waals surface area (Å²) in [6.45, 7) is 3.81. The molecule has 106 valence electrons. The van der Waals surface area contributed by atoms with Crippen molar-refractivity contribution in [2.75, 3.05) is 26.2 Å². The third kappa shape index (κ3) is 2.87. The van der Waals surface area contributed by atoms with Gasteiger partial charge in [0.2, 0.25) is 0 Å². The molecule has 18 heavy (non-hydrogen) atoms. The molecule has 0 aromatic heterocycles. The van der Waals surface area contributed by atoms with Crippen LogP contribution < -0.4 is 0 Å². The van der Waals surface area contributed by atoms with E-state index in [0.29, 0.717) is 19.6 Å². The third-order valence-corrected chi connectivity index (χ3v) is 6.24. The molecule has 2 heterocycles. The Morgan fingerprint density at radius 3 is 2.44 bits per heavy atom. The van der Waals surface area contributed by atoms with E-state index in [4.69, 9.17) is 0 Å². The SMILES string of the molecule is CC1CCC(CO)CN1S(=O)(=O)N1CCCCC1. The van der Waals surface area contributed by atoms with Crippen molar-refractivity contribution in [3.63, 3.8) is 0 Å². The molecule has 2 saturated heterocycles. The van der Waals surface area contributed by atoms with Gasteiger partial charge in [0.05, 0.1) is 0 Å². The highest BCUT2D eigenvalue weighted by molar-refractivity contribution is 7.86. The highest BCUT2D eigenvalue weighted by atomic mass is 32.2. The predicted molar refractivity (Wildman–Crippen MR) is 70.3 cm³/mol. The third-order valence-electron chi connectivity index (χ3n) is 4.12. The molecule has 2 fully saturated rings. The van der Waals surface area contributed by atoms with Crippen LogP contribution in [0.15, 0.2) is 0 Å². The molecule has 2 aliphatic rings. The molecule has 0 radical (unpaired) electrons. The summed E-state index contributed by atoms with van der Waals surface area (Å²) >= 11 is 0. The van der Waals surface area contributed by atoms with Gasteiger partial charge in [-0.2, -0.15) is 17.0 Å². The minimum absolute atomic E-state index is 0.0553. The minimum Gasteiger partial charge on any atom is -0.396 e. The molecule has 0 aromatic rings. The molecule has 6 heteroatoms. The summed E-state index contributed by atoms with van der Waals surface area (Å²) in [6, 6.07) is 0.0553. The van der Waals surface area contributed by atoms with E-state index >= 15 is 0 Å². The molecular formula is C12H24N2O3S. The molecule has 2 rings (SSSR count). The van der Waals surface area contributed by atoms with Gasteiger partial charge in [-0.05, 0) is 38.5 Å². The summed E-state index contributed by atoms with van der Waals surface area (Å²) in [7, 11) is -3.32. The number of hydrogen-bond acceptors (Lipinski definition) is 3. The van der Waals surface area contributed by atoms with Crippen LogP contribution in [-0.2, 0) is 10.2 Å². The average Bonchev–Trinajstić information content (AvgIpc) is 2.40. The van der Waals surface area contributed by atoms with Crippen molar-refractivity contribution in [2.45, 2.75) is 45.1 Å². The molecule has 1 N–H and O–H groups in total. The first kappa shape index (κ1) is 14.2. The van der Waals surface area contributed by atoms with Crippen LogP contribution in [0.1, 0.15) is 39.0 Å². The standard InChI is InChI=1S/C12H24N2O3S/c1-11-5-6-12(10-15)9-14(11)18(16,17)13-7-3-2-4-8-13/h11-12,15H,2-10H2,1H3. The van der Waals surface area contributed by atoms with Crippen LogP contribution in [-0.4, -0.2) is 54.4 Å². The van der Waals surface area contributed by atoms with Gasteiger partial charge >= 0.3 is 0 Å². The lowest BCUT2D eigenvalue weighted by atomic mass is 9.96. The summed E-state index contributed by atoms with van der Waals surface area (Å²) in [5.41, 5.74) is 0. The van der Waals surface area contributed by atoms with Crippen LogP contribution >= 0.6 is 0 Å². The van der Waals surface area contributed by atoms with Gasteiger partial charge in [-0.3, -0.25) is 0 Å². The smallest absolute Gasteiger partial charge is 0.282 e. The Bertz CT molecular complexity index is 366. The Morgan fingerprint density at radius 2 is 1.83 bits per heavy atom. The Morgan fingerprint density at radius 1 is 1.17 bits per heavy atom. The van der Waals surface area contributed by atoms with Crippen molar-refractivity contribution in [3.05, 3.63) is 0 Å². The fourth-order valence-corrected chi connectivity index (χ4v) is 4.84. The van der Waals surface area contributed by atoms with Gasteiger partial charge in [0, 0.05) is 32.3 Å². The van der Waals surface area contributed by atoms with Crippen molar-refractivity contribution in [1.82, 2.24) is 8.61 Å². The van der Waals surface area contributed by atoms with Crippen LogP contribution in [0.5, 0.6) is 0 Å². The second-order valence-corrected chi connectivity index (χ2v) is 7.39. The molecule has 5 nitrogen and oxygen atoms in total. The Balaban J connectivity index is 2.11. The Kier molecular flexibility index (Phi) is 4.64. The van der Waals surface area contributed by atoms with Crippen LogP contribution in [0.25, 0.3) is 0 Å². The molecule has 2 aliphatic heterocycles. The van der Waals surface area contributed by atoms with Crippen LogP contribution in [0.2, 0.25) is 0 Å². The molecule has 0 aromatic carbocycles. The van der Waals surface area contributed by atoms with Crippen molar-refractivity contribution in [1.29, 1.82) is 0 Å². The lowest BCUT2D eigenvalue weighted by Crippen LogP contribution is -2.53. The summed E-state index contributed by atoms with van der Waals surface area (Å²) in [5, 5.41) is 9.24. The first-order valence-corrected chi connectivity index (χ1v) is 8.33. The largest absolute Gasteiger partial charge is 0.396 e. The number of rotatable bonds is 3. The van der Waals surface area contributed by atoms with Gasteiger partial charge in [0.15, 0.2) is 0 Å². The fraction of sp³-hybridized carbons (Fsp3) is 1.00. The summed E-state index contributed by atoms with van der Waals surface area (Å²) in [6.07, 6.45) is 4.82. The van der Waals surface area contributed by atoms with Crippen LogP contribution in [0.4, 0.5) is 0 Å². The summed E-state index contributed by atoms with van der Waals surface area (Å²) in [5.74, 6) is 0.0979. The van der Waals surface area contributed by atoms with Crippen LogP contribution in [0.3, 0.4) is 0 Å². The maximum Gasteiger partial charge on any atom is 0.282 e. The van der Waals surface area contributed by atoms with Crippen molar-refractivity contribution in [3.8, 4) is 0 Å². The van der Waals surface area contributed by atoms with Gasteiger partial charge < -0.3 is 5.11 Å². The summed E-state index contributed by atoms with van der Waals surface area (Å²) < 4.78 is 28.4. The number of aliphatic hydroxyl groups excluding tert-OH is 1. The van der Waals surface area contributed by atoms with Crippen molar-refractivity contribution < 1.29 is 13.5 Å². The molecule has 0 amide bonds. The van der Waals surface area contributed by atoms with Gasteiger partial charge in [-0.25, -0.2) is 0 Å². The normalized spacial score (nSPS) is 32.6. The number of piperidine rings is 2. The molecule has 2 unspecified atom stereocenters. The van der Waals surface area contributed by atoms with E-state index in [0.717, 1.165) is 32.1 Å².